The monoisotopic (exact) mass is 456 g/mol. The van der Waals surface area contributed by atoms with E-state index in [1.54, 1.807) is 0 Å². The molecule has 168 valence electrons. The zero-order valence-corrected chi connectivity index (χ0v) is 18.1. The van der Waals surface area contributed by atoms with Crippen LogP contribution in [-0.2, 0) is 0 Å². The molecule has 0 aromatic heterocycles. The molecule has 0 spiro atoms. The van der Waals surface area contributed by atoms with E-state index in [9.17, 15) is 25.2 Å². The second-order valence-corrected chi connectivity index (χ2v) is 13.4. The summed E-state index contributed by atoms with van der Waals surface area (Å²) in [5.41, 5.74) is 0. The van der Waals surface area contributed by atoms with Crippen LogP contribution >= 0.6 is 15.7 Å². The van der Waals surface area contributed by atoms with E-state index in [2.05, 4.69) is 18.7 Å². The fourth-order valence-corrected chi connectivity index (χ4v) is 10.4. The Morgan fingerprint density at radius 3 is 0.679 bits per heavy atom. The summed E-state index contributed by atoms with van der Waals surface area (Å²) >= 11 is 0. The van der Waals surface area contributed by atoms with E-state index in [0.717, 1.165) is 0 Å². The molecule has 4 saturated heterocycles. The van der Waals surface area contributed by atoms with Crippen molar-refractivity contribution in [1.29, 1.82) is 0 Å². The van der Waals surface area contributed by atoms with Gasteiger partial charge in [0.15, 0.2) is 0 Å². The maximum absolute atomic E-state index is 10.7. The zero-order chi connectivity index (χ0) is 20.5. The van der Waals surface area contributed by atoms with Crippen molar-refractivity contribution < 1.29 is 25.2 Å². The molecule has 4 aliphatic heterocycles. The molecule has 0 aromatic rings. The third kappa shape index (κ3) is 6.14. The molecule has 4 heterocycles. The van der Waals surface area contributed by atoms with Crippen molar-refractivity contribution in [3.63, 3.8) is 0 Å². The second-order valence-electron chi connectivity index (χ2n) is 8.14. The normalized spacial score (nSPS) is 28.9. The Balaban J connectivity index is 0.000000279. The van der Waals surface area contributed by atoms with Crippen LogP contribution in [0, 0.1) is 0 Å². The quantitative estimate of drug-likeness (QED) is 0.357. The van der Waals surface area contributed by atoms with Crippen molar-refractivity contribution in [3.8, 4) is 0 Å². The summed E-state index contributed by atoms with van der Waals surface area (Å²) in [6, 6.07) is 0. The van der Waals surface area contributed by atoms with Crippen LogP contribution in [0.4, 0.5) is 25.2 Å². The molecule has 4 aliphatic rings. The molecular formula is C16H32F6N4P2. The Kier molecular flexibility index (Phi) is 6.36. The second kappa shape index (κ2) is 7.76. The van der Waals surface area contributed by atoms with Crippen LogP contribution in [-0.4, -0.2) is 71.0 Å². The average Bonchev–Trinajstić information content (AvgIpc) is 3.37. The standard InChI is InChI=1S/C16H32N4P.F6P/c1-2-10-17(9-1)21(18-11-3-4-12-18,19-13-5-6-14-19)20-15-7-8-16-20;1-7(2,3,4,5)6/h1-16H2;/q+1;-1. The SMILES string of the molecule is C1CCN([P+](N2CCCC2)(N2CCCC2)N2CCCC2)C1.F[P-](F)(F)(F)(F)F. The predicted molar refractivity (Wildman–Crippen MR) is 104 cm³/mol. The van der Waals surface area contributed by atoms with Crippen LogP contribution in [0.1, 0.15) is 51.4 Å². The molecular weight excluding hydrogens is 424 g/mol. The molecule has 0 unspecified atom stereocenters. The van der Waals surface area contributed by atoms with E-state index in [4.69, 9.17) is 0 Å². The molecule has 4 rings (SSSR count). The van der Waals surface area contributed by atoms with Gasteiger partial charge in [-0.05, 0) is 51.4 Å². The van der Waals surface area contributed by atoms with Crippen LogP contribution in [0.15, 0.2) is 0 Å². The fraction of sp³-hybridized carbons (Fsp3) is 1.00. The first-order valence-electron chi connectivity index (χ1n) is 10.3. The average molecular weight is 456 g/mol. The molecule has 0 radical (unpaired) electrons. The van der Waals surface area contributed by atoms with Crippen molar-refractivity contribution in [2.45, 2.75) is 51.4 Å². The van der Waals surface area contributed by atoms with Gasteiger partial charge in [0.25, 0.3) is 0 Å². The number of nitrogens with zero attached hydrogens (tertiary/aromatic N) is 4. The van der Waals surface area contributed by atoms with Gasteiger partial charge in [-0.25, -0.2) is 0 Å². The van der Waals surface area contributed by atoms with Gasteiger partial charge >= 0.3 is 40.9 Å². The summed E-state index contributed by atoms with van der Waals surface area (Å²) in [4.78, 5) is 0. The third-order valence-corrected chi connectivity index (χ3v) is 10.5. The minimum absolute atomic E-state index is 1.35. The summed E-state index contributed by atoms with van der Waals surface area (Å²) in [6.45, 7) is 10.9. The molecule has 0 aliphatic carbocycles. The molecule has 4 nitrogen and oxygen atoms in total. The first-order chi connectivity index (χ1) is 12.9. The van der Waals surface area contributed by atoms with Gasteiger partial charge in [-0.2, -0.15) is 0 Å². The van der Waals surface area contributed by atoms with E-state index in [-0.39, 0.29) is 0 Å². The fourth-order valence-electron chi connectivity index (χ4n) is 4.95. The van der Waals surface area contributed by atoms with Crippen molar-refractivity contribution >= 4 is 15.7 Å². The summed E-state index contributed by atoms with van der Waals surface area (Å²) < 4.78 is 71.1. The number of hydrogen-bond acceptors (Lipinski definition) is 4. The first-order valence-corrected chi connectivity index (χ1v) is 14.0. The molecule has 0 amide bonds. The predicted octanol–water partition coefficient (Wildman–Crippen LogP) is 6.43. The summed E-state index contributed by atoms with van der Waals surface area (Å²) in [7, 11) is -12.0. The summed E-state index contributed by atoms with van der Waals surface area (Å²) in [5, 5.41) is 0. The minimum atomic E-state index is -10.7. The number of halogens is 6. The van der Waals surface area contributed by atoms with Gasteiger partial charge in [-0.3, -0.25) is 0 Å². The maximum atomic E-state index is 9.87. The van der Waals surface area contributed by atoms with Gasteiger partial charge in [0.1, 0.15) is 0 Å². The molecule has 0 N–H and O–H groups in total. The van der Waals surface area contributed by atoms with Gasteiger partial charge in [0, 0.05) is 52.4 Å². The topological polar surface area (TPSA) is 13.0 Å². The van der Waals surface area contributed by atoms with Gasteiger partial charge in [0.2, 0.25) is 0 Å². The van der Waals surface area contributed by atoms with Crippen LogP contribution < -0.4 is 0 Å². The zero-order valence-electron chi connectivity index (χ0n) is 16.3. The van der Waals surface area contributed by atoms with Gasteiger partial charge in [-0.15, -0.1) is 18.7 Å². The van der Waals surface area contributed by atoms with E-state index < -0.39 is 15.7 Å². The van der Waals surface area contributed by atoms with Crippen LogP contribution in [0.2, 0.25) is 0 Å². The van der Waals surface area contributed by atoms with E-state index in [1.807, 2.05) is 0 Å². The van der Waals surface area contributed by atoms with Crippen molar-refractivity contribution in [2.75, 3.05) is 52.4 Å². The van der Waals surface area contributed by atoms with E-state index in [1.165, 1.54) is 104 Å². The van der Waals surface area contributed by atoms with Crippen molar-refractivity contribution in [3.05, 3.63) is 0 Å². The summed E-state index contributed by atoms with van der Waals surface area (Å²) in [5.74, 6) is 0. The molecule has 0 aromatic carbocycles. The van der Waals surface area contributed by atoms with Crippen LogP contribution in [0.3, 0.4) is 0 Å². The Morgan fingerprint density at radius 2 is 0.536 bits per heavy atom. The Bertz CT molecular complexity index is 441. The number of hydrogen-bond donors (Lipinski definition) is 0. The Labute approximate surface area is 164 Å². The first kappa shape index (κ1) is 23.0. The third-order valence-electron chi connectivity index (χ3n) is 5.85. The van der Waals surface area contributed by atoms with Gasteiger partial charge in [-0.1, -0.05) is 0 Å². The molecule has 0 saturated carbocycles. The number of rotatable bonds is 4. The summed E-state index contributed by atoms with van der Waals surface area (Å²) in [6.07, 6.45) is 11.4. The van der Waals surface area contributed by atoms with Crippen LogP contribution in [0.5, 0.6) is 0 Å². The Hall–Kier alpha value is 0.280. The van der Waals surface area contributed by atoms with Crippen molar-refractivity contribution in [1.82, 2.24) is 18.7 Å². The van der Waals surface area contributed by atoms with Crippen molar-refractivity contribution in [2.24, 2.45) is 0 Å². The molecule has 0 bridgehead atoms. The van der Waals surface area contributed by atoms with Gasteiger partial charge < -0.3 is 0 Å². The van der Waals surface area contributed by atoms with Gasteiger partial charge in [0.05, 0.1) is 0 Å². The van der Waals surface area contributed by atoms with E-state index >= 15 is 0 Å². The van der Waals surface area contributed by atoms with E-state index in [0.29, 0.717) is 0 Å². The molecule has 28 heavy (non-hydrogen) atoms. The molecule has 0 atom stereocenters. The molecule has 4 fully saturated rings. The van der Waals surface area contributed by atoms with Crippen LogP contribution in [0.25, 0.3) is 0 Å². The molecule has 12 heteroatoms. The Morgan fingerprint density at radius 1 is 0.393 bits per heavy atom.